The number of anilines is 1. The molecule has 1 aliphatic rings. The van der Waals surface area contributed by atoms with Gasteiger partial charge in [0, 0.05) is 31.6 Å². The van der Waals surface area contributed by atoms with Crippen molar-refractivity contribution in [3.05, 3.63) is 24.3 Å². The minimum Gasteiger partial charge on any atom is -0.492 e. The quantitative estimate of drug-likeness (QED) is 0.876. The van der Waals surface area contributed by atoms with Crippen LogP contribution in [0.2, 0.25) is 0 Å². The van der Waals surface area contributed by atoms with Gasteiger partial charge in [-0.15, -0.1) is 0 Å². The molecule has 6 nitrogen and oxygen atoms in total. The van der Waals surface area contributed by atoms with Gasteiger partial charge in [-0.3, -0.25) is 14.5 Å². The number of carbonyl (C=O) groups is 2. The molecule has 1 aromatic rings. The van der Waals surface area contributed by atoms with Gasteiger partial charge in [-0.25, -0.2) is 0 Å². The summed E-state index contributed by atoms with van der Waals surface area (Å²) in [7, 11) is 0. The Balaban J connectivity index is 1.89. The summed E-state index contributed by atoms with van der Waals surface area (Å²) in [5, 5.41) is 2.94. The van der Waals surface area contributed by atoms with E-state index in [4.69, 9.17) is 4.74 Å². The van der Waals surface area contributed by atoms with Crippen molar-refractivity contribution in [3.63, 3.8) is 0 Å². The largest absolute Gasteiger partial charge is 0.492 e. The molecule has 1 aliphatic heterocycles. The molecule has 6 heteroatoms. The zero-order valence-electron chi connectivity index (χ0n) is 16.4. The molecule has 0 radical (unpaired) electrons. The number of nitrogens with one attached hydrogen (secondary N) is 1. The molecule has 1 N–H and O–H groups in total. The summed E-state index contributed by atoms with van der Waals surface area (Å²) in [6.07, 6.45) is 0.880. The number of nitrogens with zero attached hydrogens (tertiary/aromatic N) is 2. The predicted molar refractivity (Wildman–Crippen MR) is 103 cm³/mol. The van der Waals surface area contributed by atoms with E-state index in [-0.39, 0.29) is 17.2 Å². The van der Waals surface area contributed by atoms with Crippen LogP contribution in [0, 0.1) is 5.41 Å². The standard InChI is InChI=1S/C20H31N3O3/c1-5-26-17-10-7-6-9-16(17)21-18(24)15-22-11-8-12-23(14-13-22)19(25)20(2,3)4/h6-7,9-10H,5,8,11-15H2,1-4H3,(H,21,24). The molecule has 2 rings (SSSR count). The minimum absolute atomic E-state index is 0.0623. The maximum Gasteiger partial charge on any atom is 0.238 e. The predicted octanol–water partition coefficient (Wildman–Crippen LogP) is 2.60. The van der Waals surface area contributed by atoms with Gasteiger partial charge >= 0.3 is 0 Å². The minimum atomic E-state index is -0.366. The first kappa shape index (κ1) is 20.2. The highest BCUT2D eigenvalue weighted by Crippen LogP contribution is 2.23. The SMILES string of the molecule is CCOc1ccccc1NC(=O)CN1CCCN(C(=O)C(C)(C)C)CC1. The number of rotatable bonds is 5. The molecule has 26 heavy (non-hydrogen) atoms. The van der Waals surface area contributed by atoms with Gasteiger partial charge in [0.2, 0.25) is 11.8 Å². The van der Waals surface area contributed by atoms with Crippen molar-refractivity contribution in [2.75, 3.05) is 44.6 Å². The first-order chi connectivity index (χ1) is 12.3. The summed E-state index contributed by atoms with van der Waals surface area (Å²) in [6, 6.07) is 7.45. The van der Waals surface area contributed by atoms with Gasteiger partial charge < -0.3 is 15.0 Å². The van der Waals surface area contributed by atoms with E-state index in [1.54, 1.807) is 0 Å². The second kappa shape index (κ2) is 9.03. The third-order valence-corrected chi connectivity index (χ3v) is 4.35. The lowest BCUT2D eigenvalue weighted by Crippen LogP contribution is -2.42. The van der Waals surface area contributed by atoms with Gasteiger partial charge in [0.05, 0.1) is 18.8 Å². The number of benzene rings is 1. The van der Waals surface area contributed by atoms with Crippen molar-refractivity contribution in [3.8, 4) is 5.75 Å². The molecule has 0 aromatic heterocycles. The molecule has 0 aliphatic carbocycles. The molecular weight excluding hydrogens is 330 g/mol. The highest BCUT2D eigenvalue weighted by atomic mass is 16.5. The first-order valence-corrected chi connectivity index (χ1v) is 9.34. The Morgan fingerprint density at radius 3 is 2.54 bits per heavy atom. The third kappa shape index (κ3) is 5.73. The number of amides is 2. The van der Waals surface area contributed by atoms with E-state index in [9.17, 15) is 9.59 Å². The van der Waals surface area contributed by atoms with E-state index in [1.807, 2.05) is 56.9 Å². The second-order valence-corrected chi connectivity index (χ2v) is 7.65. The lowest BCUT2D eigenvalue weighted by molar-refractivity contribution is -0.139. The molecule has 1 heterocycles. The van der Waals surface area contributed by atoms with Crippen LogP contribution in [0.4, 0.5) is 5.69 Å². The molecule has 1 aromatic carbocycles. The fourth-order valence-electron chi connectivity index (χ4n) is 3.05. The average molecular weight is 361 g/mol. The highest BCUT2D eigenvalue weighted by Gasteiger charge is 2.28. The van der Waals surface area contributed by atoms with E-state index >= 15 is 0 Å². The molecular formula is C20H31N3O3. The molecule has 144 valence electrons. The highest BCUT2D eigenvalue weighted by molar-refractivity contribution is 5.93. The molecule has 2 amide bonds. The van der Waals surface area contributed by atoms with Gasteiger partial charge in [0.1, 0.15) is 5.75 Å². The van der Waals surface area contributed by atoms with E-state index in [0.717, 1.165) is 19.5 Å². The van der Waals surface area contributed by atoms with Gasteiger partial charge in [0.25, 0.3) is 0 Å². The molecule has 1 fully saturated rings. The number of para-hydroxylation sites is 2. The maximum absolute atomic E-state index is 12.5. The van der Waals surface area contributed by atoms with E-state index in [0.29, 0.717) is 37.7 Å². The van der Waals surface area contributed by atoms with Gasteiger partial charge in [-0.1, -0.05) is 32.9 Å². The van der Waals surface area contributed by atoms with Crippen molar-refractivity contribution in [2.24, 2.45) is 5.41 Å². The lowest BCUT2D eigenvalue weighted by Gasteiger charge is -2.28. The average Bonchev–Trinajstić information content (AvgIpc) is 2.81. The zero-order chi connectivity index (χ0) is 19.2. The summed E-state index contributed by atoms with van der Waals surface area (Å²) in [5.41, 5.74) is 0.328. The van der Waals surface area contributed by atoms with Crippen LogP contribution in [-0.4, -0.2) is 60.9 Å². The van der Waals surface area contributed by atoms with Crippen LogP contribution >= 0.6 is 0 Å². The van der Waals surface area contributed by atoms with Crippen LogP contribution in [0.5, 0.6) is 5.75 Å². The Labute approximate surface area is 156 Å². The Bertz CT molecular complexity index is 625. The van der Waals surface area contributed by atoms with Crippen molar-refractivity contribution < 1.29 is 14.3 Å². The van der Waals surface area contributed by atoms with Crippen LogP contribution in [0.25, 0.3) is 0 Å². The Morgan fingerprint density at radius 1 is 1.12 bits per heavy atom. The third-order valence-electron chi connectivity index (χ3n) is 4.35. The smallest absolute Gasteiger partial charge is 0.238 e. The van der Waals surface area contributed by atoms with Gasteiger partial charge in [-0.05, 0) is 25.5 Å². The number of ether oxygens (including phenoxy) is 1. The van der Waals surface area contributed by atoms with Crippen LogP contribution in [0.15, 0.2) is 24.3 Å². The fourth-order valence-corrected chi connectivity index (χ4v) is 3.05. The lowest BCUT2D eigenvalue weighted by atomic mass is 9.94. The Hall–Kier alpha value is -2.08. The topological polar surface area (TPSA) is 61.9 Å². The molecule has 0 spiro atoms. The van der Waals surface area contributed by atoms with Gasteiger partial charge in [-0.2, -0.15) is 0 Å². The van der Waals surface area contributed by atoms with Crippen LogP contribution in [0.1, 0.15) is 34.1 Å². The van der Waals surface area contributed by atoms with Gasteiger partial charge in [0.15, 0.2) is 0 Å². The molecule has 1 saturated heterocycles. The summed E-state index contributed by atoms with van der Waals surface area (Å²) in [5.74, 6) is 0.795. The zero-order valence-corrected chi connectivity index (χ0v) is 16.4. The molecule has 0 unspecified atom stereocenters. The number of carbonyl (C=O) groups excluding carboxylic acids is 2. The summed E-state index contributed by atoms with van der Waals surface area (Å²) in [6.45, 7) is 11.6. The van der Waals surface area contributed by atoms with E-state index in [2.05, 4.69) is 10.2 Å². The number of hydrogen-bond donors (Lipinski definition) is 1. The maximum atomic E-state index is 12.5. The normalized spacial score (nSPS) is 16.1. The molecule has 0 atom stereocenters. The van der Waals surface area contributed by atoms with Crippen molar-refractivity contribution in [2.45, 2.75) is 34.1 Å². The van der Waals surface area contributed by atoms with Crippen LogP contribution in [-0.2, 0) is 9.59 Å². The van der Waals surface area contributed by atoms with E-state index < -0.39 is 0 Å². The van der Waals surface area contributed by atoms with E-state index in [1.165, 1.54) is 0 Å². The Morgan fingerprint density at radius 2 is 1.85 bits per heavy atom. The van der Waals surface area contributed by atoms with Crippen molar-refractivity contribution in [1.29, 1.82) is 0 Å². The Kier molecular flexibility index (Phi) is 7.03. The number of hydrogen-bond acceptors (Lipinski definition) is 4. The van der Waals surface area contributed by atoms with Crippen LogP contribution in [0.3, 0.4) is 0 Å². The molecule has 0 saturated carbocycles. The van der Waals surface area contributed by atoms with Crippen molar-refractivity contribution >= 4 is 17.5 Å². The molecule has 0 bridgehead atoms. The summed E-state index contributed by atoms with van der Waals surface area (Å²) >= 11 is 0. The monoisotopic (exact) mass is 361 g/mol. The first-order valence-electron chi connectivity index (χ1n) is 9.34. The summed E-state index contributed by atoms with van der Waals surface area (Å²) < 4.78 is 5.55. The second-order valence-electron chi connectivity index (χ2n) is 7.65. The fraction of sp³-hybridized carbons (Fsp3) is 0.600. The van der Waals surface area contributed by atoms with Crippen LogP contribution < -0.4 is 10.1 Å². The van der Waals surface area contributed by atoms with Crippen molar-refractivity contribution in [1.82, 2.24) is 9.80 Å². The summed E-state index contributed by atoms with van der Waals surface area (Å²) in [4.78, 5) is 28.9.